The Hall–Kier alpha value is -0.670. The van der Waals surface area contributed by atoms with E-state index in [1.165, 1.54) is 10.1 Å². The van der Waals surface area contributed by atoms with Gasteiger partial charge in [-0.25, -0.2) is 0 Å². The summed E-state index contributed by atoms with van der Waals surface area (Å²) in [5.74, 6) is 0. The summed E-state index contributed by atoms with van der Waals surface area (Å²) in [6, 6.07) is 8.16. The van der Waals surface area contributed by atoms with Crippen molar-refractivity contribution in [2.75, 3.05) is 13.2 Å². The van der Waals surface area contributed by atoms with Gasteiger partial charge in [0.05, 0.1) is 19.4 Å². The maximum atomic E-state index is 12.4. The van der Waals surface area contributed by atoms with Gasteiger partial charge < -0.3 is 9.05 Å². The molecule has 2 aromatic rings. The minimum absolute atomic E-state index is 0.334. The van der Waals surface area contributed by atoms with E-state index in [0.717, 1.165) is 5.56 Å². The molecule has 0 amide bonds. The van der Waals surface area contributed by atoms with Crippen molar-refractivity contribution in [3.05, 3.63) is 35.2 Å². The van der Waals surface area contributed by atoms with E-state index in [1.54, 1.807) is 11.3 Å². The summed E-state index contributed by atoms with van der Waals surface area (Å²) >= 11 is 1.70. The van der Waals surface area contributed by atoms with Crippen molar-refractivity contribution in [1.82, 2.24) is 0 Å². The second kappa shape index (κ2) is 5.98. The maximum absolute atomic E-state index is 12.4. The SMILES string of the molecule is CCOP(=O)(Cc1ccc2sccc2c1)OCC. The molecule has 5 heteroatoms. The molecule has 0 radical (unpaired) electrons. The maximum Gasteiger partial charge on any atom is 0.335 e. The first-order chi connectivity index (χ1) is 8.67. The van der Waals surface area contributed by atoms with Crippen molar-refractivity contribution in [2.45, 2.75) is 20.0 Å². The highest BCUT2D eigenvalue weighted by Gasteiger charge is 2.24. The summed E-state index contributed by atoms with van der Waals surface area (Å²) in [6.07, 6.45) is 0.334. The molecule has 0 aliphatic rings. The van der Waals surface area contributed by atoms with Crippen LogP contribution in [0.1, 0.15) is 19.4 Å². The van der Waals surface area contributed by atoms with Crippen LogP contribution in [-0.2, 0) is 19.8 Å². The van der Waals surface area contributed by atoms with Crippen LogP contribution in [0.4, 0.5) is 0 Å². The number of benzene rings is 1. The lowest BCUT2D eigenvalue weighted by Crippen LogP contribution is -1.98. The average Bonchev–Trinajstić information content (AvgIpc) is 2.76. The van der Waals surface area contributed by atoms with Crippen molar-refractivity contribution < 1.29 is 13.6 Å². The highest BCUT2D eigenvalue weighted by atomic mass is 32.1. The average molecular weight is 284 g/mol. The van der Waals surface area contributed by atoms with E-state index in [9.17, 15) is 4.57 Å². The van der Waals surface area contributed by atoms with Crippen LogP contribution in [0.25, 0.3) is 10.1 Å². The topological polar surface area (TPSA) is 35.5 Å². The zero-order valence-electron chi connectivity index (χ0n) is 10.6. The molecule has 0 atom stereocenters. The number of hydrogen-bond acceptors (Lipinski definition) is 4. The summed E-state index contributed by atoms with van der Waals surface area (Å²) in [6.45, 7) is 4.46. The van der Waals surface area contributed by atoms with Crippen LogP contribution in [-0.4, -0.2) is 13.2 Å². The molecule has 0 aliphatic carbocycles. The van der Waals surface area contributed by atoms with Crippen molar-refractivity contribution in [1.29, 1.82) is 0 Å². The van der Waals surface area contributed by atoms with Gasteiger partial charge in [0.2, 0.25) is 0 Å². The van der Waals surface area contributed by atoms with Gasteiger partial charge in [-0.3, -0.25) is 4.57 Å². The summed E-state index contributed by atoms with van der Waals surface area (Å²) in [7, 11) is -3.00. The second-order valence-corrected chi connectivity index (χ2v) is 6.90. The Morgan fingerprint density at radius 2 is 1.89 bits per heavy atom. The molecule has 1 aromatic carbocycles. The first-order valence-corrected chi connectivity index (χ1v) is 8.62. The van der Waals surface area contributed by atoms with Crippen LogP contribution in [0.5, 0.6) is 0 Å². The Balaban J connectivity index is 2.22. The van der Waals surface area contributed by atoms with Crippen LogP contribution in [0.2, 0.25) is 0 Å². The summed E-state index contributed by atoms with van der Waals surface area (Å²) < 4.78 is 24.3. The Bertz CT molecular complexity index is 554. The van der Waals surface area contributed by atoms with Gasteiger partial charge in [-0.2, -0.15) is 0 Å². The van der Waals surface area contributed by atoms with Crippen LogP contribution in [0.15, 0.2) is 29.6 Å². The fraction of sp³-hybridized carbons (Fsp3) is 0.385. The third-order valence-corrected chi connectivity index (χ3v) is 5.50. The molecule has 0 saturated carbocycles. The van der Waals surface area contributed by atoms with Gasteiger partial charge in [-0.15, -0.1) is 11.3 Å². The Labute approximate surface area is 111 Å². The first-order valence-electron chi connectivity index (χ1n) is 6.01. The smallest absolute Gasteiger partial charge is 0.309 e. The van der Waals surface area contributed by atoms with Gasteiger partial charge in [0.15, 0.2) is 0 Å². The Morgan fingerprint density at radius 3 is 2.56 bits per heavy atom. The fourth-order valence-electron chi connectivity index (χ4n) is 1.86. The molecule has 0 aliphatic heterocycles. The third kappa shape index (κ3) is 3.21. The molecule has 1 aromatic heterocycles. The van der Waals surface area contributed by atoms with E-state index in [2.05, 4.69) is 23.6 Å². The molecule has 1 heterocycles. The van der Waals surface area contributed by atoms with E-state index in [4.69, 9.17) is 9.05 Å². The molecule has 98 valence electrons. The van der Waals surface area contributed by atoms with Crippen LogP contribution in [0.3, 0.4) is 0 Å². The predicted molar refractivity (Wildman–Crippen MR) is 76.4 cm³/mol. The first kappa shape index (κ1) is 13.8. The molecule has 0 spiro atoms. The van der Waals surface area contributed by atoms with E-state index in [1.807, 2.05) is 19.9 Å². The molecule has 3 nitrogen and oxygen atoms in total. The minimum Gasteiger partial charge on any atom is -0.309 e. The lowest BCUT2D eigenvalue weighted by molar-refractivity contribution is 0.219. The van der Waals surface area contributed by atoms with Gasteiger partial charge >= 0.3 is 7.60 Å². The largest absolute Gasteiger partial charge is 0.335 e. The normalized spacial score (nSPS) is 12.1. The van der Waals surface area contributed by atoms with E-state index < -0.39 is 7.60 Å². The van der Waals surface area contributed by atoms with E-state index in [0.29, 0.717) is 19.4 Å². The molecule has 18 heavy (non-hydrogen) atoms. The number of hydrogen-bond donors (Lipinski definition) is 0. The standard InChI is InChI=1S/C13H17O3PS/c1-3-15-17(14,16-4-2)10-11-5-6-13-12(9-11)7-8-18-13/h5-9H,3-4,10H2,1-2H3. The molecule has 0 unspecified atom stereocenters. The number of fused-ring (bicyclic) bond motifs is 1. The van der Waals surface area contributed by atoms with Gasteiger partial charge in [-0.05, 0) is 48.4 Å². The predicted octanol–water partition coefficient (Wildman–Crippen LogP) is 4.67. The van der Waals surface area contributed by atoms with Gasteiger partial charge in [0.1, 0.15) is 0 Å². The molecule has 0 N–H and O–H groups in total. The van der Waals surface area contributed by atoms with Crippen molar-refractivity contribution >= 4 is 29.0 Å². The van der Waals surface area contributed by atoms with Gasteiger partial charge in [0.25, 0.3) is 0 Å². The second-order valence-electron chi connectivity index (χ2n) is 3.90. The third-order valence-electron chi connectivity index (χ3n) is 2.54. The van der Waals surface area contributed by atoms with Gasteiger partial charge in [0, 0.05) is 4.70 Å². The molecular formula is C13H17O3PS. The quantitative estimate of drug-likeness (QED) is 0.723. The fourth-order valence-corrected chi connectivity index (χ4v) is 4.32. The lowest BCUT2D eigenvalue weighted by Gasteiger charge is -2.16. The number of thiophene rings is 1. The molecular weight excluding hydrogens is 267 g/mol. The monoisotopic (exact) mass is 284 g/mol. The Morgan fingerprint density at radius 1 is 1.17 bits per heavy atom. The molecule has 2 rings (SSSR count). The van der Waals surface area contributed by atoms with E-state index in [-0.39, 0.29) is 0 Å². The summed E-state index contributed by atoms with van der Waals surface area (Å²) in [5.41, 5.74) is 0.992. The molecule has 0 bridgehead atoms. The van der Waals surface area contributed by atoms with E-state index >= 15 is 0 Å². The minimum atomic E-state index is -3.00. The molecule has 0 saturated heterocycles. The van der Waals surface area contributed by atoms with Crippen LogP contribution in [0, 0.1) is 0 Å². The zero-order valence-corrected chi connectivity index (χ0v) is 12.3. The van der Waals surface area contributed by atoms with Crippen molar-refractivity contribution in [3.63, 3.8) is 0 Å². The lowest BCUT2D eigenvalue weighted by atomic mass is 10.2. The van der Waals surface area contributed by atoms with Crippen LogP contribution >= 0.6 is 18.9 Å². The summed E-state index contributed by atoms with van der Waals surface area (Å²) in [5, 5.41) is 3.23. The van der Waals surface area contributed by atoms with Crippen molar-refractivity contribution in [3.8, 4) is 0 Å². The van der Waals surface area contributed by atoms with Gasteiger partial charge in [-0.1, -0.05) is 6.07 Å². The summed E-state index contributed by atoms with van der Waals surface area (Å²) in [4.78, 5) is 0. The molecule has 0 fully saturated rings. The number of rotatable bonds is 6. The highest BCUT2D eigenvalue weighted by Crippen LogP contribution is 2.51. The Kier molecular flexibility index (Phi) is 4.57. The van der Waals surface area contributed by atoms with Crippen LogP contribution < -0.4 is 0 Å². The highest BCUT2D eigenvalue weighted by molar-refractivity contribution is 7.53. The zero-order chi connectivity index (χ0) is 13.0. The van der Waals surface area contributed by atoms with Crippen molar-refractivity contribution in [2.24, 2.45) is 0 Å².